The summed E-state index contributed by atoms with van der Waals surface area (Å²) < 4.78 is 77.0. The first-order chi connectivity index (χ1) is 55.8. The van der Waals surface area contributed by atoms with Crippen molar-refractivity contribution < 1.29 is 95.5 Å². The van der Waals surface area contributed by atoms with E-state index < -0.39 is 54.2 Å². The van der Waals surface area contributed by atoms with Crippen LogP contribution in [0, 0.1) is 29.6 Å². The highest BCUT2D eigenvalue weighted by molar-refractivity contribution is 6.38. The van der Waals surface area contributed by atoms with Crippen molar-refractivity contribution in [2.45, 2.75) is 218 Å². The summed E-state index contributed by atoms with van der Waals surface area (Å²) in [5.74, 6) is -0.212. The molecule has 4 fully saturated rings. The number of hydrogen-bond acceptors (Lipinski definition) is 24. The summed E-state index contributed by atoms with van der Waals surface area (Å²) in [4.78, 5) is 96.8. The second kappa shape index (κ2) is 49.0. The molecule has 4 aromatic rings. The number of benzene rings is 1. The van der Waals surface area contributed by atoms with Crippen molar-refractivity contribution in [3.63, 3.8) is 0 Å². The molecule has 1 aromatic carbocycles. The molecule has 2 saturated carbocycles. The van der Waals surface area contributed by atoms with Gasteiger partial charge in [-0.1, -0.05) is 69.4 Å². The number of alkyl carbamates (subject to hydrolysis) is 1. The number of methoxy groups -OCH3 is 3. The number of cyclic esters (lactones) is 1. The van der Waals surface area contributed by atoms with Gasteiger partial charge in [-0.2, -0.15) is 5.10 Å². The number of rotatable bonds is 34. The van der Waals surface area contributed by atoms with Gasteiger partial charge in [-0.3, -0.25) is 19.2 Å². The van der Waals surface area contributed by atoms with Gasteiger partial charge in [0.2, 0.25) is 11.7 Å². The van der Waals surface area contributed by atoms with E-state index in [9.17, 15) is 33.9 Å². The zero-order chi connectivity index (χ0) is 81.9. The lowest BCUT2D eigenvalue weighted by Crippen LogP contribution is -2.54. The second-order valence-corrected chi connectivity index (χ2v) is 31.3. The van der Waals surface area contributed by atoms with Gasteiger partial charge >= 0.3 is 12.1 Å². The highest BCUT2D eigenvalue weighted by Crippen LogP contribution is 2.40. The van der Waals surface area contributed by atoms with Crippen LogP contribution in [0.25, 0.3) is 27.8 Å². The minimum Gasteiger partial charge on any atom is -0.495 e. The average molecular weight is 1610 g/mol. The predicted octanol–water partition coefficient (Wildman–Crippen LogP) is 10.7. The third kappa shape index (κ3) is 28.6. The lowest BCUT2D eigenvalue weighted by atomic mass is 9.81. The van der Waals surface area contributed by atoms with Gasteiger partial charge in [0.1, 0.15) is 65.7 Å². The van der Waals surface area contributed by atoms with E-state index in [1.54, 1.807) is 25.7 Å². The Morgan fingerprint density at radius 3 is 2.00 bits per heavy atom. The molecular weight excluding hydrogens is 1480 g/mol. The number of imidazole rings is 1. The topological polar surface area (TPSA) is 355 Å². The van der Waals surface area contributed by atoms with Gasteiger partial charge in [0.05, 0.1) is 123 Å². The number of H-pyrrole nitrogens is 1. The van der Waals surface area contributed by atoms with Crippen LogP contribution in [0.1, 0.15) is 175 Å². The van der Waals surface area contributed by atoms with Crippen LogP contribution in [0.3, 0.4) is 0 Å². The monoisotopic (exact) mass is 1610 g/mol. The fraction of sp³-hybridized carbons (Fsp3) is 0.686. The fourth-order valence-electron chi connectivity index (χ4n) is 16.2. The van der Waals surface area contributed by atoms with E-state index in [1.165, 1.54) is 18.3 Å². The van der Waals surface area contributed by atoms with Gasteiger partial charge in [-0.25, -0.2) is 24.1 Å². The quantitative estimate of drug-likeness (QED) is 0.0125. The number of aliphatic hydroxyl groups excluding tert-OH is 1. The molecule has 3 amide bonds. The van der Waals surface area contributed by atoms with E-state index in [4.69, 9.17) is 72.3 Å². The lowest BCUT2D eigenvalue weighted by molar-refractivity contribution is -0.167. The molecular formula is C86H129N9O20. The molecule has 9 rings (SSSR count). The van der Waals surface area contributed by atoms with Crippen molar-refractivity contribution in [2.24, 2.45) is 29.6 Å². The number of piperidine rings is 1. The zero-order valence-corrected chi connectivity index (χ0v) is 69.1. The molecule has 0 spiro atoms. The number of ketones is 2. The Kier molecular flexibility index (Phi) is 38.9. The van der Waals surface area contributed by atoms with Gasteiger partial charge in [0.25, 0.3) is 5.91 Å². The number of fused-ring (bicyclic) bond motifs is 5. The number of nitrogens with two attached hydrogens (primary N) is 1. The van der Waals surface area contributed by atoms with Crippen molar-refractivity contribution in [3.05, 3.63) is 84.0 Å². The van der Waals surface area contributed by atoms with E-state index >= 15 is 0 Å². The number of carbonyl (C=O) groups is 6. The van der Waals surface area contributed by atoms with Crippen LogP contribution in [0.5, 0.6) is 5.75 Å². The Hall–Kier alpha value is -7.55. The standard InChI is InChI=1S/C86H129N9O20/c1-57-16-10-9-11-17-59(3)73(104-7)55-68-19-15-22-72(113-68)79(98)84(100)94-37-13-12-20-70(94)85(101)114-66(31-23-58(2)53-61(5)78(97)80(105-8)77(96)60(4)52-57)32-24-62-25-33-67(34-26-62)115-86(102)89-36-39-107-41-43-109-45-47-111-49-51-112-50-48-110-46-44-108-42-40-106-38-35-88-83(99)64-29-27-63(28-30-64)82-93-75(76-81(87)90-56-91-95(76)82)69-54-65-18-14-21-71(103-6)74(65)92-69/h9-11,14,16-18,21,53-54,56-58,60,62-64,66-68,70,72-73,78,80,92,97H,12-13,15,19-20,22-52,55H2,1-8H3,(H,88,99)(H,89,102)(H2,87,90,91)/b11-9+,16-10+,59-17+,61-53+/t57-,58+,60-,62?,63?,64?,66+,67?,68?,70+,72?,73+,78-,80+/m1/s1. The molecule has 2 unspecified atom stereocenters. The van der Waals surface area contributed by atoms with Crippen molar-refractivity contribution in [3.8, 4) is 17.1 Å². The predicted molar refractivity (Wildman–Crippen MR) is 433 cm³/mol. The summed E-state index contributed by atoms with van der Waals surface area (Å²) in [7, 11) is 4.74. The first-order valence-corrected chi connectivity index (χ1v) is 41.9. The molecule has 29 heteroatoms. The molecule has 6 N–H and O–H groups in total. The Morgan fingerprint density at radius 1 is 0.687 bits per heavy atom. The third-order valence-electron chi connectivity index (χ3n) is 22.8. The molecule has 29 nitrogen and oxygen atoms in total. The summed E-state index contributed by atoms with van der Waals surface area (Å²) in [6.45, 7) is 16.2. The van der Waals surface area contributed by atoms with Crippen molar-refractivity contribution in [1.82, 2.24) is 40.1 Å². The van der Waals surface area contributed by atoms with Crippen LogP contribution in [0.4, 0.5) is 10.6 Å². The van der Waals surface area contributed by atoms with Crippen LogP contribution >= 0.6 is 0 Å². The van der Waals surface area contributed by atoms with Crippen LogP contribution in [0.2, 0.25) is 0 Å². The minimum atomic E-state index is -1.16. The molecule has 638 valence electrons. The van der Waals surface area contributed by atoms with Crippen LogP contribution in [-0.2, 0) is 80.8 Å². The highest BCUT2D eigenvalue weighted by atomic mass is 16.6. The van der Waals surface area contributed by atoms with Gasteiger partial charge < -0.3 is 92.9 Å². The van der Waals surface area contributed by atoms with E-state index in [-0.39, 0.29) is 72.7 Å². The number of allylic oxidation sites excluding steroid dienone is 6. The lowest BCUT2D eigenvalue weighted by Gasteiger charge is -2.36. The number of nitrogens with zero attached hydrogens (tertiary/aromatic N) is 5. The van der Waals surface area contributed by atoms with Crippen LogP contribution < -0.4 is 21.1 Å². The number of esters is 1. The first kappa shape index (κ1) is 91.4. The maximum absolute atomic E-state index is 14.4. The van der Waals surface area contributed by atoms with Gasteiger partial charge in [-0.05, 0) is 177 Å². The second-order valence-electron chi connectivity index (χ2n) is 31.3. The van der Waals surface area contributed by atoms with E-state index in [0.717, 1.165) is 85.1 Å². The molecule has 3 aromatic heterocycles. The fourth-order valence-corrected chi connectivity index (χ4v) is 16.2. The SMILES string of the molecule is COc1cccc2cc(-c3nc(C4CCC(C(=O)NCCOCCOCCOCCOCCOCCOCCOCCNC(=O)OC5CCC(CC[C@@H]6CC[C@H](C)/C=C(\C)[C@@H](O)[C@@H](OC)C(=O)[C@H](C)C[C@H](C)/C=C/C=C/C=C(\C)[C@@H](OC)CC7CCCC(O7)C(=O)C(=O)N7CCCC[C@H]7C(=O)O6)CC5)CC4)n4ncnc(N)c34)[nH]c12. The molecule has 2 aliphatic carbocycles. The molecule has 5 aliphatic rings. The first-order valence-electron chi connectivity index (χ1n) is 41.9. The van der Waals surface area contributed by atoms with Crippen molar-refractivity contribution >= 4 is 57.7 Å². The number of aromatic nitrogens is 5. The summed E-state index contributed by atoms with van der Waals surface area (Å²) in [6.07, 6.45) is 21.4. The van der Waals surface area contributed by atoms with Crippen LogP contribution in [0.15, 0.2) is 78.2 Å². The summed E-state index contributed by atoms with van der Waals surface area (Å²) in [5, 5.41) is 22.9. The normalized spacial score (nSPS) is 27.7. The number of nitrogen functional groups attached to an aromatic ring is 1. The Bertz CT molecular complexity index is 3790. The Labute approximate surface area is 677 Å². The highest BCUT2D eigenvalue weighted by Gasteiger charge is 2.42. The number of nitrogens with one attached hydrogen (secondary N) is 3. The molecule has 0 radical (unpaired) electrons. The van der Waals surface area contributed by atoms with Crippen LogP contribution in [-0.4, -0.2) is 252 Å². The minimum absolute atomic E-state index is 0.0318. The smallest absolute Gasteiger partial charge is 0.407 e. The van der Waals surface area contributed by atoms with Crippen molar-refractivity contribution in [1.29, 1.82) is 0 Å². The number of aromatic amines is 1. The van der Waals surface area contributed by atoms with E-state index in [1.807, 2.05) is 75.4 Å². The number of amides is 3. The number of para-hydroxylation sites is 1. The zero-order valence-electron chi connectivity index (χ0n) is 69.1. The number of Topliss-reactive ketones (excluding diaryl/α,β-unsaturated/α-hetero) is 2. The number of anilines is 1. The Balaban J connectivity index is 0.579. The molecule has 2 saturated heterocycles. The van der Waals surface area contributed by atoms with E-state index in [2.05, 4.69) is 38.7 Å². The molecule has 3 aliphatic heterocycles. The van der Waals surface area contributed by atoms with Gasteiger partial charge in [0.15, 0.2) is 11.6 Å². The van der Waals surface area contributed by atoms with E-state index in [0.29, 0.717) is 205 Å². The number of ether oxygens (including phenoxy) is 13. The third-order valence-corrected chi connectivity index (χ3v) is 22.8. The Morgan fingerprint density at radius 2 is 1.35 bits per heavy atom. The number of hydrogen-bond donors (Lipinski definition) is 5. The summed E-state index contributed by atoms with van der Waals surface area (Å²) in [5.41, 5.74) is 11.0. The molecule has 10 atom stereocenters. The molecule has 6 heterocycles. The van der Waals surface area contributed by atoms with Gasteiger partial charge in [0, 0.05) is 63.4 Å². The molecule has 115 heavy (non-hydrogen) atoms. The van der Waals surface area contributed by atoms with Gasteiger partial charge in [-0.15, -0.1) is 0 Å². The number of carbonyl (C=O) groups excluding carboxylic acids is 6. The summed E-state index contributed by atoms with van der Waals surface area (Å²) in [6, 6.07) is 6.98. The number of aliphatic hydroxyl groups is 1. The maximum Gasteiger partial charge on any atom is 0.407 e. The average Bonchev–Trinajstić information content (AvgIpc) is 1.59. The maximum atomic E-state index is 14.4. The summed E-state index contributed by atoms with van der Waals surface area (Å²) >= 11 is 0. The van der Waals surface area contributed by atoms with Crippen molar-refractivity contribution in [2.75, 3.05) is 139 Å². The molecule has 2 bridgehead atoms. The largest absolute Gasteiger partial charge is 0.495 e.